The monoisotopic (exact) mass is 221 g/mol. The van der Waals surface area contributed by atoms with Gasteiger partial charge in [0.2, 0.25) is 0 Å². The molecule has 1 aliphatic carbocycles. The minimum atomic E-state index is -0.139. The Balaban J connectivity index is 2.15. The van der Waals surface area contributed by atoms with E-state index in [4.69, 9.17) is 0 Å². The summed E-state index contributed by atoms with van der Waals surface area (Å²) in [5.41, 5.74) is 0.228. The molecule has 2 rings (SSSR count). The molecule has 2 atom stereocenters. The second-order valence-electron chi connectivity index (χ2n) is 5.95. The van der Waals surface area contributed by atoms with Crippen LogP contribution in [0.5, 0.6) is 0 Å². The Morgan fingerprint density at radius 1 is 1.19 bits per heavy atom. The molecule has 16 heavy (non-hydrogen) atoms. The highest BCUT2D eigenvalue weighted by Crippen LogP contribution is 2.40. The van der Waals surface area contributed by atoms with E-state index in [1.54, 1.807) is 0 Å². The maximum atomic E-state index is 11.6. The molecule has 2 amide bonds. The fourth-order valence-electron chi connectivity index (χ4n) is 3.26. The maximum Gasteiger partial charge on any atom is 0.253 e. The molecule has 0 aromatic carbocycles. The van der Waals surface area contributed by atoms with Crippen LogP contribution in [0.25, 0.3) is 0 Å². The smallest absolute Gasteiger partial charge is 0.253 e. The third kappa shape index (κ3) is 2.04. The van der Waals surface area contributed by atoms with Gasteiger partial charge in [-0.05, 0) is 30.6 Å². The molecule has 1 fully saturated rings. The van der Waals surface area contributed by atoms with E-state index >= 15 is 0 Å². The standard InChI is InChI=1S/C13H19NO2/c1-9-6-10(8-13(2,3)7-9)14-11(15)4-5-12(14)16/h4-5,9-10H,6-8H2,1-3H3. The molecular formula is C13H19NO2. The predicted molar refractivity (Wildman–Crippen MR) is 61.6 cm³/mol. The highest BCUT2D eigenvalue weighted by molar-refractivity contribution is 6.13. The molecule has 2 unspecified atom stereocenters. The number of hydrogen-bond donors (Lipinski definition) is 0. The van der Waals surface area contributed by atoms with Crippen LogP contribution < -0.4 is 0 Å². The SMILES string of the molecule is CC1CC(N2C(=O)C=CC2=O)CC(C)(C)C1. The molecule has 0 radical (unpaired) electrons. The summed E-state index contributed by atoms with van der Waals surface area (Å²) >= 11 is 0. The van der Waals surface area contributed by atoms with E-state index < -0.39 is 0 Å². The molecular weight excluding hydrogens is 202 g/mol. The van der Waals surface area contributed by atoms with Crippen molar-refractivity contribution in [1.29, 1.82) is 0 Å². The molecule has 0 saturated heterocycles. The van der Waals surface area contributed by atoms with Crippen LogP contribution >= 0.6 is 0 Å². The fourth-order valence-corrected chi connectivity index (χ4v) is 3.26. The van der Waals surface area contributed by atoms with Gasteiger partial charge < -0.3 is 0 Å². The Morgan fingerprint density at radius 2 is 1.75 bits per heavy atom. The van der Waals surface area contributed by atoms with Crippen LogP contribution in [0.2, 0.25) is 0 Å². The van der Waals surface area contributed by atoms with Crippen LogP contribution in [0.15, 0.2) is 12.2 Å². The Kier molecular flexibility index (Phi) is 2.64. The fraction of sp³-hybridized carbons (Fsp3) is 0.692. The summed E-state index contributed by atoms with van der Waals surface area (Å²) in [6.07, 6.45) is 5.81. The van der Waals surface area contributed by atoms with Gasteiger partial charge in [-0.3, -0.25) is 14.5 Å². The van der Waals surface area contributed by atoms with Crippen molar-refractivity contribution in [2.45, 2.75) is 46.1 Å². The lowest BCUT2D eigenvalue weighted by atomic mass is 9.70. The lowest BCUT2D eigenvalue weighted by Gasteiger charge is -2.41. The average molecular weight is 221 g/mol. The minimum absolute atomic E-state index is 0.0914. The van der Waals surface area contributed by atoms with Gasteiger partial charge >= 0.3 is 0 Å². The summed E-state index contributed by atoms with van der Waals surface area (Å²) in [5.74, 6) is 0.301. The van der Waals surface area contributed by atoms with Gasteiger partial charge in [-0.15, -0.1) is 0 Å². The highest BCUT2D eigenvalue weighted by Gasteiger charge is 2.39. The highest BCUT2D eigenvalue weighted by atomic mass is 16.2. The van der Waals surface area contributed by atoms with Crippen molar-refractivity contribution in [3.8, 4) is 0 Å². The zero-order valence-electron chi connectivity index (χ0n) is 10.2. The first-order valence-corrected chi connectivity index (χ1v) is 5.94. The molecule has 0 spiro atoms. The van der Waals surface area contributed by atoms with E-state index in [0.717, 1.165) is 12.8 Å². The molecule has 1 saturated carbocycles. The second-order valence-corrected chi connectivity index (χ2v) is 5.95. The van der Waals surface area contributed by atoms with Crippen LogP contribution in [0.1, 0.15) is 40.0 Å². The molecule has 0 aromatic rings. The zero-order valence-corrected chi connectivity index (χ0v) is 10.2. The van der Waals surface area contributed by atoms with Gasteiger partial charge in [0.1, 0.15) is 0 Å². The normalized spacial score (nSPS) is 33.6. The average Bonchev–Trinajstić information content (AvgIpc) is 2.42. The lowest BCUT2D eigenvalue weighted by molar-refractivity contribution is -0.141. The molecule has 3 nitrogen and oxygen atoms in total. The number of imide groups is 1. The molecule has 1 aliphatic heterocycles. The summed E-state index contributed by atoms with van der Waals surface area (Å²) in [6.45, 7) is 6.63. The quantitative estimate of drug-likeness (QED) is 0.636. The number of hydrogen-bond acceptors (Lipinski definition) is 2. The van der Waals surface area contributed by atoms with E-state index in [1.165, 1.54) is 23.5 Å². The number of nitrogens with zero attached hydrogens (tertiary/aromatic N) is 1. The summed E-state index contributed by atoms with van der Waals surface area (Å²) in [6, 6.07) is 0.0914. The van der Waals surface area contributed by atoms with E-state index in [9.17, 15) is 9.59 Å². The maximum absolute atomic E-state index is 11.6. The third-order valence-corrected chi connectivity index (χ3v) is 3.57. The van der Waals surface area contributed by atoms with Gasteiger partial charge in [-0.2, -0.15) is 0 Å². The molecule has 88 valence electrons. The van der Waals surface area contributed by atoms with Crippen LogP contribution in [0.4, 0.5) is 0 Å². The second kappa shape index (κ2) is 3.72. The molecule has 1 heterocycles. The number of amides is 2. The molecule has 2 aliphatic rings. The summed E-state index contributed by atoms with van der Waals surface area (Å²) in [4.78, 5) is 24.7. The summed E-state index contributed by atoms with van der Waals surface area (Å²) < 4.78 is 0. The Morgan fingerprint density at radius 3 is 2.25 bits per heavy atom. The van der Waals surface area contributed by atoms with Crippen LogP contribution in [0.3, 0.4) is 0 Å². The number of rotatable bonds is 1. The first-order valence-electron chi connectivity index (χ1n) is 5.94. The van der Waals surface area contributed by atoms with Gasteiger partial charge in [0, 0.05) is 18.2 Å². The molecule has 3 heteroatoms. The molecule has 0 bridgehead atoms. The van der Waals surface area contributed by atoms with Crippen molar-refractivity contribution in [1.82, 2.24) is 4.90 Å². The third-order valence-electron chi connectivity index (χ3n) is 3.57. The van der Waals surface area contributed by atoms with E-state index in [1.807, 2.05) is 0 Å². The van der Waals surface area contributed by atoms with Crippen molar-refractivity contribution in [3.63, 3.8) is 0 Å². The predicted octanol–water partition coefficient (Wildman–Crippen LogP) is 2.13. The van der Waals surface area contributed by atoms with Crippen LogP contribution in [-0.4, -0.2) is 22.8 Å². The van der Waals surface area contributed by atoms with Crippen molar-refractivity contribution in [3.05, 3.63) is 12.2 Å². The van der Waals surface area contributed by atoms with Gasteiger partial charge in [0.05, 0.1) is 0 Å². The Labute approximate surface area is 96.5 Å². The van der Waals surface area contributed by atoms with Crippen molar-refractivity contribution < 1.29 is 9.59 Å². The Bertz CT molecular complexity index is 339. The summed E-state index contributed by atoms with van der Waals surface area (Å²) in [7, 11) is 0. The van der Waals surface area contributed by atoms with Gasteiger partial charge in [0.25, 0.3) is 11.8 Å². The zero-order chi connectivity index (χ0) is 11.9. The van der Waals surface area contributed by atoms with Gasteiger partial charge in [-0.1, -0.05) is 20.8 Å². The van der Waals surface area contributed by atoms with E-state index in [-0.39, 0.29) is 23.3 Å². The van der Waals surface area contributed by atoms with Crippen molar-refractivity contribution in [2.24, 2.45) is 11.3 Å². The van der Waals surface area contributed by atoms with Gasteiger partial charge in [-0.25, -0.2) is 0 Å². The number of carbonyl (C=O) groups is 2. The van der Waals surface area contributed by atoms with Crippen molar-refractivity contribution in [2.75, 3.05) is 0 Å². The first-order chi connectivity index (χ1) is 7.39. The molecule has 0 aromatic heterocycles. The lowest BCUT2D eigenvalue weighted by Crippen LogP contribution is -2.46. The van der Waals surface area contributed by atoms with Crippen molar-refractivity contribution >= 4 is 11.8 Å². The molecule has 0 N–H and O–H groups in total. The first kappa shape index (κ1) is 11.4. The Hall–Kier alpha value is -1.12. The topological polar surface area (TPSA) is 37.4 Å². The summed E-state index contributed by atoms with van der Waals surface area (Å²) in [5, 5.41) is 0. The number of carbonyl (C=O) groups excluding carboxylic acids is 2. The minimum Gasteiger partial charge on any atom is -0.272 e. The van der Waals surface area contributed by atoms with E-state index in [2.05, 4.69) is 20.8 Å². The van der Waals surface area contributed by atoms with E-state index in [0.29, 0.717) is 5.92 Å². The van der Waals surface area contributed by atoms with Crippen LogP contribution in [0, 0.1) is 11.3 Å². The van der Waals surface area contributed by atoms with Crippen LogP contribution in [-0.2, 0) is 9.59 Å². The van der Waals surface area contributed by atoms with Gasteiger partial charge in [0.15, 0.2) is 0 Å². The largest absolute Gasteiger partial charge is 0.272 e.